The minimum Gasteiger partial charge on any atom is -0.375 e. The summed E-state index contributed by atoms with van der Waals surface area (Å²) >= 11 is 0. The van der Waals surface area contributed by atoms with Gasteiger partial charge in [-0.2, -0.15) is 0 Å². The van der Waals surface area contributed by atoms with Crippen molar-refractivity contribution in [2.45, 2.75) is 38.8 Å². The number of primary amides is 1. The third kappa shape index (κ3) is 3.95. The number of rotatable bonds is 3. The molecular weight excluding hydrogens is 318 g/mol. The second kappa shape index (κ2) is 7.44. The first-order valence-corrected chi connectivity index (χ1v) is 9.02. The fourth-order valence-corrected chi connectivity index (χ4v) is 3.61. The topological polar surface area (TPSA) is 75.9 Å². The van der Waals surface area contributed by atoms with Crippen molar-refractivity contribution in [3.8, 4) is 0 Å². The maximum Gasteiger partial charge on any atom is 0.254 e. The number of nitrogens with two attached hydrogens (primary N) is 1. The average molecular weight is 345 g/mol. The number of ether oxygens (including phenoxy) is 1. The lowest BCUT2D eigenvalue weighted by Gasteiger charge is -2.37. The van der Waals surface area contributed by atoms with Gasteiger partial charge in [-0.15, -0.1) is 0 Å². The van der Waals surface area contributed by atoms with Gasteiger partial charge in [0, 0.05) is 30.9 Å². The van der Waals surface area contributed by atoms with Crippen LogP contribution in [0.4, 0.5) is 5.69 Å². The van der Waals surface area contributed by atoms with Gasteiger partial charge in [-0.25, -0.2) is 0 Å². The molecule has 25 heavy (non-hydrogen) atoms. The highest BCUT2D eigenvalue weighted by molar-refractivity contribution is 5.95. The van der Waals surface area contributed by atoms with Gasteiger partial charge in [-0.05, 0) is 51.0 Å². The minimum atomic E-state index is -0.230. The van der Waals surface area contributed by atoms with Crippen molar-refractivity contribution >= 4 is 17.5 Å². The first-order chi connectivity index (χ1) is 12.0. The summed E-state index contributed by atoms with van der Waals surface area (Å²) < 4.78 is 5.60. The highest BCUT2D eigenvalue weighted by Crippen LogP contribution is 2.24. The largest absolute Gasteiger partial charge is 0.375 e. The van der Waals surface area contributed by atoms with E-state index < -0.39 is 0 Å². The fourth-order valence-electron chi connectivity index (χ4n) is 3.61. The molecule has 6 nitrogen and oxygen atoms in total. The number of piperidine rings is 1. The molecule has 0 radical (unpaired) electrons. The molecule has 0 spiro atoms. The Labute approximate surface area is 148 Å². The smallest absolute Gasteiger partial charge is 0.254 e. The Morgan fingerprint density at radius 1 is 1.16 bits per heavy atom. The highest BCUT2D eigenvalue weighted by atomic mass is 16.5. The maximum atomic E-state index is 12.8. The molecule has 6 heteroatoms. The SMILES string of the molecule is C[C@@H]1CN(C(=O)c2ccc(N3CCC[C@H](C(N)=O)C3)cc2)[C@@H](C)CO1. The van der Waals surface area contributed by atoms with Gasteiger partial charge >= 0.3 is 0 Å². The van der Waals surface area contributed by atoms with E-state index in [4.69, 9.17) is 10.5 Å². The molecule has 0 aromatic heterocycles. The molecule has 1 aromatic rings. The maximum absolute atomic E-state index is 12.8. The summed E-state index contributed by atoms with van der Waals surface area (Å²) in [5, 5.41) is 0. The Hall–Kier alpha value is -2.08. The zero-order valence-corrected chi connectivity index (χ0v) is 15.0. The molecule has 2 aliphatic rings. The molecule has 0 aliphatic carbocycles. The summed E-state index contributed by atoms with van der Waals surface area (Å²) in [7, 11) is 0. The molecule has 2 saturated heterocycles. The van der Waals surface area contributed by atoms with E-state index in [0.717, 1.165) is 25.1 Å². The fraction of sp³-hybridized carbons (Fsp3) is 0.579. The predicted molar refractivity (Wildman–Crippen MR) is 96.5 cm³/mol. The van der Waals surface area contributed by atoms with Crippen LogP contribution in [0.3, 0.4) is 0 Å². The predicted octanol–water partition coefficient (Wildman–Crippen LogP) is 1.64. The summed E-state index contributed by atoms with van der Waals surface area (Å²) in [6, 6.07) is 7.76. The number of nitrogens with zero attached hydrogens (tertiary/aromatic N) is 2. The van der Waals surface area contributed by atoms with Crippen molar-refractivity contribution in [3.05, 3.63) is 29.8 Å². The number of hydrogen-bond donors (Lipinski definition) is 1. The molecule has 3 rings (SSSR count). The van der Waals surface area contributed by atoms with Crippen LogP contribution in [0.5, 0.6) is 0 Å². The molecular formula is C19H27N3O3. The highest BCUT2D eigenvalue weighted by Gasteiger charge is 2.28. The van der Waals surface area contributed by atoms with E-state index in [1.165, 1.54) is 0 Å². The number of hydrogen-bond acceptors (Lipinski definition) is 4. The summed E-state index contributed by atoms with van der Waals surface area (Å²) in [4.78, 5) is 28.3. The van der Waals surface area contributed by atoms with E-state index in [1.807, 2.05) is 43.0 Å². The molecule has 1 aromatic carbocycles. The van der Waals surface area contributed by atoms with Crippen molar-refractivity contribution in [2.24, 2.45) is 11.7 Å². The van der Waals surface area contributed by atoms with Gasteiger partial charge in [-0.1, -0.05) is 0 Å². The van der Waals surface area contributed by atoms with Crippen molar-refractivity contribution in [3.63, 3.8) is 0 Å². The second-order valence-electron chi connectivity index (χ2n) is 7.18. The van der Waals surface area contributed by atoms with Gasteiger partial charge in [0.2, 0.25) is 5.91 Å². The van der Waals surface area contributed by atoms with E-state index >= 15 is 0 Å². The van der Waals surface area contributed by atoms with Crippen LogP contribution >= 0.6 is 0 Å². The van der Waals surface area contributed by atoms with Gasteiger partial charge in [-0.3, -0.25) is 9.59 Å². The summed E-state index contributed by atoms with van der Waals surface area (Å²) in [5.41, 5.74) is 7.17. The van der Waals surface area contributed by atoms with Crippen LogP contribution in [-0.2, 0) is 9.53 Å². The zero-order chi connectivity index (χ0) is 18.0. The van der Waals surface area contributed by atoms with Crippen molar-refractivity contribution in [2.75, 3.05) is 31.1 Å². The molecule has 0 bridgehead atoms. The Kier molecular flexibility index (Phi) is 5.27. The number of carbonyl (C=O) groups is 2. The third-order valence-electron chi connectivity index (χ3n) is 5.17. The lowest BCUT2D eigenvalue weighted by Crippen LogP contribution is -2.50. The first kappa shape index (κ1) is 17.7. The van der Waals surface area contributed by atoms with E-state index in [9.17, 15) is 9.59 Å². The van der Waals surface area contributed by atoms with Gasteiger partial charge in [0.1, 0.15) is 0 Å². The van der Waals surface area contributed by atoms with E-state index in [0.29, 0.717) is 25.3 Å². The molecule has 2 fully saturated rings. The molecule has 136 valence electrons. The lowest BCUT2D eigenvalue weighted by molar-refractivity contribution is -0.122. The van der Waals surface area contributed by atoms with Crippen LogP contribution in [-0.4, -0.2) is 55.1 Å². The van der Waals surface area contributed by atoms with E-state index in [1.54, 1.807) is 0 Å². The second-order valence-corrected chi connectivity index (χ2v) is 7.18. The van der Waals surface area contributed by atoms with E-state index in [2.05, 4.69) is 4.90 Å². The van der Waals surface area contributed by atoms with Crippen LogP contribution in [0.15, 0.2) is 24.3 Å². The summed E-state index contributed by atoms with van der Waals surface area (Å²) in [5.74, 6) is -0.277. The van der Waals surface area contributed by atoms with Crippen LogP contribution in [0.1, 0.15) is 37.0 Å². The first-order valence-electron chi connectivity index (χ1n) is 9.02. The van der Waals surface area contributed by atoms with Gasteiger partial charge in [0.15, 0.2) is 0 Å². The van der Waals surface area contributed by atoms with Gasteiger partial charge in [0.25, 0.3) is 5.91 Å². The number of morpholine rings is 1. The van der Waals surface area contributed by atoms with Crippen molar-refractivity contribution in [1.29, 1.82) is 0 Å². The normalized spacial score (nSPS) is 27.2. The average Bonchev–Trinajstić information content (AvgIpc) is 2.63. The Bertz CT molecular complexity index is 631. The van der Waals surface area contributed by atoms with E-state index in [-0.39, 0.29) is 29.9 Å². The monoisotopic (exact) mass is 345 g/mol. The van der Waals surface area contributed by atoms with Crippen LogP contribution < -0.4 is 10.6 Å². The van der Waals surface area contributed by atoms with Crippen molar-refractivity contribution in [1.82, 2.24) is 4.90 Å². The molecule has 0 saturated carbocycles. The number of anilines is 1. The third-order valence-corrected chi connectivity index (χ3v) is 5.17. The lowest BCUT2D eigenvalue weighted by atomic mass is 9.97. The molecule has 0 unspecified atom stereocenters. The molecule has 2 aliphatic heterocycles. The number of carbonyl (C=O) groups excluding carboxylic acids is 2. The quantitative estimate of drug-likeness (QED) is 0.903. The Morgan fingerprint density at radius 3 is 2.56 bits per heavy atom. The Morgan fingerprint density at radius 2 is 1.88 bits per heavy atom. The molecule has 3 atom stereocenters. The van der Waals surface area contributed by atoms with Crippen LogP contribution in [0, 0.1) is 5.92 Å². The summed E-state index contributed by atoms with van der Waals surface area (Å²) in [6.07, 6.45) is 1.88. The molecule has 2 heterocycles. The Balaban J connectivity index is 1.69. The van der Waals surface area contributed by atoms with Gasteiger partial charge < -0.3 is 20.3 Å². The standard InChI is InChI=1S/C19H27N3O3/c1-13-12-25-14(2)10-22(13)19(24)15-5-7-17(8-6-15)21-9-3-4-16(11-21)18(20)23/h5-8,13-14,16H,3-4,9-12H2,1-2H3,(H2,20,23)/t13-,14+,16-/m0/s1. The van der Waals surface area contributed by atoms with Crippen LogP contribution in [0.25, 0.3) is 0 Å². The zero-order valence-electron chi connectivity index (χ0n) is 15.0. The minimum absolute atomic E-state index is 0.0443. The van der Waals surface area contributed by atoms with Crippen LogP contribution in [0.2, 0.25) is 0 Å². The summed E-state index contributed by atoms with van der Waals surface area (Å²) in [6.45, 7) is 6.76. The van der Waals surface area contributed by atoms with Crippen molar-refractivity contribution < 1.29 is 14.3 Å². The number of benzene rings is 1. The van der Waals surface area contributed by atoms with Gasteiger partial charge in [0.05, 0.1) is 24.7 Å². The number of amides is 2. The molecule has 2 N–H and O–H groups in total. The molecule has 2 amide bonds.